The van der Waals surface area contributed by atoms with Crippen molar-refractivity contribution in [1.29, 1.82) is 0 Å². The molecular formula is C16H30O2. The molecule has 0 aromatic carbocycles. The topological polar surface area (TPSA) is 26.3 Å². The van der Waals surface area contributed by atoms with E-state index >= 15 is 0 Å². The van der Waals surface area contributed by atoms with Gasteiger partial charge in [-0.1, -0.05) is 65.9 Å². The molecule has 0 bridgehead atoms. The van der Waals surface area contributed by atoms with E-state index in [0.29, 0.717) is 5.92 Å². The van der Waals surface area contributed by atoms with Crippen LogP contribution in [0.15, 0.2) is 12.7 Å². The van der Waals surface area contributed by atoms with Crippen molar-refractivity contribution in [3.63, 3.8) is 0 Å². The zero-order valence-corrected chi connectivity index (χ0v) is 12.4. The molecule has 0 saturated carbocycles. The lowest BCUT2D eigenvalue weighted by Gasteiger charge is -2.20. The van der Waals surface area contributed by atoms with Gasteiger partial charge < -0.3 is 4.74 Å². The first-order chi connectivity index (χ1) is 8.61. The Morgan fingerprint density at radius 1 is 1.11 bits per heavy atom. The molecule has 0 saturated heterocycles. The van der Waals surface area contributed by atoms with Crippen molar-refractivity contribution >= 4 is 5.97 Å². The van der Waals surface area contributed by atoms with Crippen LogP contribution < -0.4 is 0 Å². The van der Waals surface area contributed by atoms with E-state index in [1.165, 1.54) is 44.6 Å². The number of carbonyl (C=O) groups excluding carboxylic acids is 1. The number of unbranched alkanes of at least 4 members (excludes halogenated alkanes) is 6. The van der Waals surface area contributed by atoms with E-state index in [4.69, 9.17) is 4.74 Å². The molecule has 0 rings (SSSR count). The standard InChI is InChI=1S/C16H30O2/c1-5-7-8-9-10-11-12-13-15(14(3)4)18-16(17)6-2/h6,14-15H,2,5,7-13H2,1,3-4H3. The Morgan fingerprint density at radius 3 is 2.17 bits per heavy atom. The van der Waals surface area contributed by atoms with Crippen molar-refractivity contribution in [2.45, 2.75) is 78.2 Å². The normalized spacial score (nSPS) is 12.4. The highest BCUT2D eigenvalue weighted by Gasteiger charge is 2.16. The van der Waals surface area contributed by atoms with Gasteiger partial charge in [-0.05, 0) is 18.8 Å². The van der Waals surface area contributed by atoms with Crippen LogP contribution in [0.2, 0.25) is 0 Å². The molecule has 0 heterocycles. The third-order valence-electron chi connectivity index (χ3n) is 3.27. The predicted octanol–water partition coefficient (Wildman–Crippen LogP) is 4.88. The summed E-state index contributed by atoms with van der Waals surface area (Å²) in [4.78, 5) is 11.2. The summed E-state index contributed by atoms with van der Waals surface area (Å²) >= 11 is 0. The molecule has 1 unspecified atom stereocenters. The number of hydrogen-bond donors (Lipinski definition) is 0. The maximum absolute atomic E-state index is 11.2. The summed E-state index contributed by atoms with van der Waals surface area (Å²) in [6, 6.07) is 0. The van der Waals surface area contributed by atoms with Crippen LogP contribution in [0.1, 0.15) is 72.1 Å². The molecule has 0 amide bonds. The first-order valence-corrected chi connectivity index (χ1v) is 7.44. The highest BCUT2D eigenvalue weighted by molar-refractivity contribution is 5.81. The molecule has 0 aromatic rings. The monoisotopic (exact) mass is 254 g/mol. The Bertz CT molecular complexity index is 221. The number of esters is 1. The number of hydrogen-bond acceptors (Lipinski definition) is 2. The zero-order chi connectivity index (χ0) is 13.8. The van der Waals surface area contributed by atoms with Crippen LogP contribution >= 0.6 is 0 Å². The number of carbonyl (C=O) groups is 1. The molecule has 0 fully saturated rings. The molecule has 2 heteroatoms. The third kappa shape index (κ3) is 9.26. The van der Waals surface area contributed by atoms with E-state index in [1.807, 2.05) is 0 Å². The van der Waals surface area contributed by atoms with Crippen molar-refractivity contribution in [2.75, 3.05) is 0 Å². The fourth-order valence-electron chi connectivity index (χ4n) is 2.03. The van der Waals surface area contributed by atoms with Gasteiger partial charge in [-0.25, -0.2) is 4.79 Å². The van der Waals surface area contributed by atoms with E-state index in [2.05, 4.69) is 27.4 Å². The van der Waals surface area contributed by atoms with Crippen LogP contribution in [0.25, 0.3) is 0 Å². The summed E-state index contributed by atoms with van der Waals surface area (Å²) in [5, 5.41) is 0. The minimum absolute atomic E-state index is 0.0474. The van der Waals surface area contributed by atoms with Gasteiger partial charge in [-0.15, -0.1) is 0 Å². The van der Waals surface area contributed by atoms with E-state index in [0.717, 1.165) is 12.8 Å². The predicted molar refractivity (Wildman–Crippen MR) is 77.5 cm³/mol. The second-order valence-electron chi connectivity index (χ2n) is 5.33. The van der Waals surface area contributed by atoms with Gasteiger partial charge in [0.05, 0.1) is 0 Å². The Hall–Kier alpha value is -0.790. The lowest BCUT2D eigenvalue weighted by Crippen LogP contribution is -2.22. The smallest absolute Gasteiger partial charge is 0.330 e. The molecule has 2 nitrogen and oxygen atoms in total. The summed E-state index contributed by atoms with van der Waals surface area (Å²) in [5.41, 5.74) is 0. The van der Waals surface area contributed by atoms with Crippen LogP contribution in [0.3, 0.4) is 0 Å². The van der Waals surface area contributed by atoms with Crippen molar-refractivity contribution in [1.82, 2.24) is 0 Å². The van der Waals surface area contributed by atoms with Crippen LogP contribution in [0, 0.1) is 5.92 Å². The number of ether oxygens (including phenoxy) is 1. The Morgan fingerprint density at radius 2 is 1.67 bits per heavy atom. The van der Waals surface area contributed by atoms with Gasteiger partial charge in [-0.2, -0.15) is 0 Å². The van der Waals surface area contributed by atoms with Gasteiger partial charge >= 0.3 is 5.97 Å². The first-order valence-electron chi connectivity index (χ1n) is 7.44. The molecule has 106 valence electrons. The second-order valence-corrected chi connectivity index (χ2v) is 5.33. The average Bonchev–Trinajstić information content (AvgIpc) is 2.35. The summed E-state index contributed by atoms with van der Waals surface area (Å²) in [5.74, 6) is 0.0886. The lowest BCUT2D eigenvalue weighted by atomic mass is 9.99. The Balaban J connectivity index is 3.64. The van der Waals surface area contributed by atoms with Gasteiger partial charge in [0, 0.05) is 6.08 Å². The third-order valence-corrected chi connectivity index (χ3v) is 3.27. The summed E-state index contributed by atoms with van der Waals surface area (Å²) in [6.07, 6.45) is 11.3. The minimum atomic E-state index is -0.295. The quantitative estimate of drug-likeness (QED) is 0.298. The fraction of sp³-hybridized carbons (Fsp3) is 0.812. The minimum Gasteiger partial charge on any atom is -0.459 e. The van der Waals surface area contributed by atoms with E-state index in [9.17, 15) is 4.79 Å². The van der Waals surface area contributed by atoms with Crippen molar-refractivity contribution in [3.8, 4) is 0 Å². The molecule has 0 radical (unpaired) electrons. The van der Waals surface area contributed by atoms with E-state index in [1.54, 1.807) is 0 Å². The van der Waals surface area contributed by atoms with Crippen LogP contribution in [-0.4, -0.2) is 12.1 Å². The number of rotatable bonds is 11. The molecule has 0 aromatic heterocycles. The van der Waals surface area contributed by atoms with Gasteiger partial charge in [0.2, 0.25) is 0 Å². The molecule has 0 spiro atoms. The second kappa shape index (κ2) is 11.3. The highest BCUT2D eigenvalue weighted by atomic mass is 16.5. The van der Waals surface area contributed by atoms with Gasteiger partial charge in [0.1, 0.15) is 6.10 Å². The largest absolute Gasteiger partial charge is 0.459 e. The summed E-state index contributed by atoms with van der Waals surface area (Å²) < 4.78 is 5.35. The van der Waals surface area contributed by atoms with Gasteiger partial charge in [0.25, 0.3) is 0 Å². The Kier molecular flexibility index (Phi) is 10.8. The van der Waals surface area contributed by atoms with E-state index < -0.39 is 0 Å². The fourth-order valence-corrected chi connectivity index (χ4v) is 2.03. The molecule has 18 heavy (non-hydrogen) atoms. The first kappa shape index (κ1) is 17.2. The highest BCUT2D eigenvalue weighted by Crippen LogP contribution is 2.16. The van der Waals surface area contributed by atoms with Crippen LogP contribution in [0.5, 0.6) is 0 Å². The maximum Gasteiger partial charge on any atom is 0.330 e. The van der Waals surface area contributed by atoms with Crippen molar-refractivity contribution < 1.29 is 9.53 Å². The summed E-state index contributed by atoms with van der Waals surface area (Å²) in [6.45, 7) is 9.87. The zero-order valence-electron chi connectivity index (χ0n) is 12.4. The molecule has 0 N–H and O–H groups in total. The molecule has 0 aliphatic heterocycles. The van der Waals surface area contributed by atoms with E-state index in [-0.39, 0.29) is 12.1 Å². The maximum atomic E-state index is 11.2. The Labute approximate surface area is 113 Å². The van der Waals surface area contributed by atoms with Gasteiger partial charge in [0.15, 0.2) is 0 Å². The van der Waals surface area contributed by atoms with Crippen molar-refractivity contribution in [3.05, 3.63) is 12.7 Å². The van der Waals surface area contributed by atoms with Crippen LogP contribution in [-0.2, 0) is 9.53 Å². The van der Waals surface area contributed by atoms with Gasteiger partial charge in [-0.3, -0.25) is 0 Å². The molecular weight excluding hydrogens is 224 g/mol. The summed E-state index contributed by atoms with van der Waals surface area (Å²) in [7, 11) is 0. The lowest BCUT2D eigenvalue weighted by molar-refractivity contribution is -0.145. The van der Waals surface area contributed by atoms with Crippen molar-refractivity contribution in [2.24, 2.45) is 5.92 Å². The molecule has 0 aliphatic carbocycles. The average molecular weight is 254 g/mol. The van der Waals surface area contributed by atoms with Crippen LogP contribution in [0.4, 0.5) is 0 Å². The molecule has 1 atom stereocenters. The SMILES string of the molecule is C=CC(=O)OC(CCCCCCCCC)C(C)C. The molecule has 0 aliphatic rings.